The second kappa shape index (κ2) is 11.4. The highest BCUT2D eigenvalue weighted by Crippen LogP contribution is 2.46. The molecule has 208 valence electrons. The van der Waals surface area contributed by atoms with Crippen LogP contribution in [0.4, 0.5) is 0 Å². The fourth-order valence-corrected chi connectivity index (χ4v) is 5.75. The number of nitrogens with one attached hydrogen (secondary N) is 1. The summed E-state index contributed by atoms with van der Waals surface area (Å²) in [7, 11) is 0. The van der Waals surface area contributed by atoms with Gasteiger partial charge < -0.3 is 23.9 Å². The summed E-state index contributed by atoms with van der Waals surface area (Å²) in [5.74, 6) is -3.76. The molecule has 0 bridgehead atoms. The highest BCUT2D eigenvalue weighted by Gasteiger charge is 2.49. The molecule has 0 unspecified atom stereocenters. The number of fused-ring (bicyclic) bond motifs is 1. The minimum absolute atomic E-state index is 0.206. The number of cyclic esters (lactones) is 2. The van der Waals surface area contributed by atoms with Crippen LogP contribution in [-0.2, 0) is 25.7 Å². The van der Waals surface area contributed by atoms with Crippen molar-refractivity contribution in [3.05, 3.63) is 92.0 Å². The van der Waals surface area contributed by atoms with E-state index in [4.69, 9.17) is 42.1 Å². The molecular formula is C30H26BrCl2NO6. The van der Waals surface area contributed by atoms with Gasteiger partial charge in [0.25, 0.3) is 5.79 Å². The summed E-state index contributed by atoms with van der Waals surface area (Å²) in [5, 5.41) is 1.75. The maximum absolute atomic E-state index is 13.3. The Kier molecular flexibility index (Phi) is 8.04. The molecular weight excluding hydrogens is 621 g/mol. The van der Waals surface area contributed by atoms with Gasteiger partial charge in [0.05, 0.1) is 21.1 Å². The van der Waals surface area contributed by atoms with Crippen molar-refractivity contribution < 1.29 is 28.5 Å². The van der Waals surface area contributed by atoms with Crippen LogP contribution in [0, 0.1) is 5.92 Å². The third kappa shape index (κ3) is 5.66. The zero-order valence-electron chi connectivity index (χ0n) is 21.9. The van der Waals surface area contributed by atoms with Crippen molar-refractivity contribution >= 4 is 62.0 Å². The quantitative estimate of drug-likeness (QED) is 0.155. The van der Waals surface area contributed by atoms with E-state index in [-0.39, 0.29) is 6.61 Å². The van der Waals surface area contributed by atoms with E-state index in [1.165, 1.54) is 13.8 Å². The maximum Gasteiger partial charge on any atom is 0.324 e. The number of carbonyl (C=O) groups excluding carboxylic acids is 2. The summed E-state index contributed by atoms with van der Waals surface area (Å²) in [6.07, 6.45) is 1.80. The molecule has 5 rings (SSSR count). The molecule has 1 aliphatic rings. The van der Waals surface area contributed by atoms with E-state index < -0.39 is 29.6 Å². The first kappa shape index (κ1) is 28.3. The summed E-state index contributed by atoms with van der Waals surface area (Å²) in [6, 6.07) is 16.5. The number of hydrogen-bond donors (Lipinski definition) is 1. The van der Waals surface area contributed by atoms with Crippen LogP contribution in [0.1, 0.15) is 43.4 Å². The van der Waals surface area contributed by atoms with Gasteiger partial charge in [0, 0.05) is 36.9 Å². The van der Waals surface area contributed by atoms with E-state index in [0.717, 1.165) is 22.0 Å². The summed E-state index contributed by atoms with van der Waals surface area (Å²) in [4.78, 5) is 29.9. The minimum atomic E-state index is -1.35. The second-order valence-electron chi connectivity index (χ2n) is 9.79. The summed E-state index contributed by atoms with van der Waals surface area (Å²) < 4.78 is 23.8. The number of aromatic nitrogens is 1. The molecule has 1 atom stereocenters. The van der Waals surface area contributed by atoms with Gasteiger partial charge in [0.2, 0.25) is 0 Å². The van der Waals surface area contributed by atoms with E-state index in [2.05, 4.69) is 20.9 Å². The summed E-state index contributed by atoms with van der Waals surface area (Å²) in [6.45, 7) is 5.49. The monoisotopic (exact) mass is 645 g/mol. The van der Waals surface area contributed by atoms with Crippen LogP contribution < -0.4 is 9.47 Å². The Morgan fingerprint density at radius 2 is 1.73 bits per heavy atom. The SMILES string of the molecule is CCOc1cc([C@H](c2c[nH]c3ccccc23)C2C(=O)OC(C)(C)OC2=O)cc(Br)c1OCc1ccc(Cl)c(Cl)c1. The number of esters is 2. The minimum Gasteiger partial charge on any atom is -0.490 e. The van der Waals surface area contributed by atoms with E-state index >= 15 is 0 Å². The summed E-state index contributed by atoms with van der Waals surface area (Å²) >= 11 is 15.8. The van der Waals surface area contributed by atoms with E-state index in [9.17, 15) is 9.59 Å². The largest absolute Gasteiger partial charge is 0.490 e. The predicted octanol–water partition coefficient (Wildman–Crippen LogP) is 7.80. The first-order valence-corrected chi connectivity index (χ1v) is 14.2. The molecule has 1 aromatic heterocycles. The molecule has 0 aliphatic carbocycles. The fourth-order valence-electron chi connectivity index (χ4n) is 4.86. The smallest absolute Gasteiger partial charge is 0.324 e. The van der Waals surface area contributed by atoms with Gasteiger partial charge in [0.1, 0.15) is 6.61 Å². The van der Waals surface area contributed by atoms with Gasteiger partial charge in [-0.05, 0) is 69.9 Å². The number of aromatic amines is 1. The van der Waals surface area contributed by atoms with Crippen molar-refractivity contribution in [3.8, 4) is 11.5 Å². The number of hydrogen-bond acceptors (Lipinski definition) is 6. The fraction of sp³-hybridized carbons (Fsp3) is 0.267. The number of H-pyrrole nitrogens is 1. The standard InChI is InChI=1S/C30H26BrCl2NO6/c1-4-37-24-13-17(12-20(31)27(24)38-15-16-9-10-21(32)22(33)11-16)25(19-14-34-23-8-6-5-7-18(19)23)26-28(35)39-30(2,3)40-29(26)36/h5-14,25-26,34H,4,15H2,1-3H3/t25-/m1/s1. The number of rotatable bonds is 8. The molecule has 4 aromatic rings. The first-order valence-electron chi connectivity index (χ1n) is 12.6. The molecule has 10 heteroatoms. The number of benzene rings is 3. The third-order valence-electron chi connectivity index (χ3n) is 6.55. The number of para-hydroxylation sites is 1. The van der Waals surface area contributed by atoms with Crippen LogP contribution in [-0.4, -0.2) is 29.3 Å². The molecule has 40 heavy (non-hydrogen) atoms. The Bertz CT molecular complexity index is 1580. The molecule has 1 saturated heterocycles. The van der Waals surface area contributed by atoms with Crippen LogP contribution in [0.2, 0.25) is 10.0 Å². The average molecular weight is 647 g/mol. The molecule has 7 nitrogen and oxygen atoms in total. The van der Waals surface area contributed by atoms with Gasteiger partial charge in [-0.1, -0.05) is 47.5 Å². The van der Waals surface area contributed by atoms with Gasteiger partial charge in [0.15, 0.2) is 17.4 Å². The van der Waals surface area contributed by atoms with Crippen molar-refractivity contribution in [1.29, 1.82) is 0 Å². The zero-order valence-corrected chi connectivity index (χ0v) is 25.0. The maximum atomic E-state index is 13.3. The van der Waals surface area contributed by atoms with Crippen LogP contribution in [0.5, 0.6) is 11.5 Å². The zero-order chi connectivity index (χ0) is 28.6. The number of carbonyl (C=O) groups is 2. The van der Waals surface area contributed by atoms with Crippen molar-refractivity contribution in [3.63, 3.8) is 0 Å². The lowest BCUT2D eigenvalue weighted by molar-refractivity contribution is -0.240. The molecule has 1 aliphatic heterocycles. The molecule has 1 fully saturated rings. The summed E-state index contributed by atoms with van der Waals surface area (Å²) in [5.41, 5.74) is 3.07. The van der Waals surface area contributed by atoms with Crippen molar-refractivity contribution in [2.75, 3.05) is 6.61 Å². The van der Waals surface area contributed by atoms with Crippen molar-refractivity contribution in [2.24, 2.45) is 5.92 Å². The number of ether oxygens (including phenoxy) is 4. The van der Waals surface area contributed by atoms with Gasteiger partial charge >= 0.3 is 11.9 Å². The lowest BCUT2D eigenvalue weighted by Gasteiger charge is -2.36. The predicted molar refractivity (Wildman–Crippen MR) is 156 cm³/mol. The average Bonchev–Trinajstić information content (AvgIpc) is 3.31. The van der Waals surface area contributed by atoms with Crippen LogP contribution >= 0.6 is 39.1 Å². The Morgan fingerprint density at radius 1 is 1.00 bits per heavy atom. The Balaban J connectivity index is 1.60. The highest BCUT2D eigenvalue weighted by atomic mass is 79.9. The molecule has 1 N–H and O–H groups in total. The van der Waals surface area contributed by atoms with Gasteiger partial charge in [-0.2, -0.15) is 0 Å². The van der Waals surface area contributed by atoms with Crippen LogP contribution in [0.25, 0.3) is 10.9 Å². The Labute approximate surface area is 249 Å². The molecule has 3 aromatic carbocycles. The first-order chi connectivity index (χ1) is 19.1. The molecule has 2 heterocycles. The molecule has 0 radical (unpaired) electrons. The lowest BCUT2D eigenvalue weighted by Crippen LogP contribution is -2.48. The Morgan fingerprint density at radius 3 is 2.42 bits per heavy atom. The highest BCUT2D eigenvalue weighted by molar-refractivity contribution is 9.10. The van der Waals surface area contributed by atoms with Crippen molar-refractivity contribution in [1.82, 2.24) is 4.98 Å². The molecule has 0 saturated carbocycles. The Hall–Kier alpha value is -3.20. The van der Waals surface area contributed by atoms with Crippen LogP contribution in [0.15, 0.2) is 65.3 Å². The van der Waals surface area contributed by atoms with E-state index in [1.54, 1.807) is 24.4 Å². The van der Waals surface area contributed by atoms with Crippen LogP contribution in [0.3, 0.4) is 0 Å². The molecule has 0 spiro atoms. The topological polar surface area (TPSA) is 86.9 Å². The van der Waals surface area contributed by atoms with E-state index in [0.29, 0.717) is 38.2 Å². The lowest BCUT2D eigenvalue weighted by atomic mass is 9.80. The molecule has 0 amide bonds. The van der Waals surface area contributed by atoms with Gasteiger partial charge in [-0.3, -0.25) is 9.59 Å². The van der Waals surface area contributed by atoms with Gasteiger partial charge in [-0.25, -0.2) is 0 Å². The normalized spacial score (nSPS) is 15.9. The van der Waals surface area contributed by atoms with Crippen molar-refractivity contribution in [2.45, 2.75) is 39.1 Å². The second-order valence-corrected chi connectivity index (χ2v) is 11.5. The van der Waals surface area contributed by atoms with E-state index in [1.807, 2.05) is 43.3 Å². The van der Waals surface area contributed by atoms with Gasteiger partial charge in [-0.15, -0.1) is 0 Å². The number of halogens is 3. The third-order valence-corrected chi connectivity index (χ3v) is 7.88.